The van der Waals surface area contributed by atoms with Gasteiger partial charge in [-0.2, -0.15) is 0 Å². The first-order valence-corrected chi connectivity index (χ1v) is 9.03. The molecule has 0 saturated carbocycles. The molecule has 1 unspecified atom stereocenters. The van der Waals surface area contributed by atoms with Crippen molar-refractivity contribution in [1.82, 2.24) is 10.0 Å². The number of benzene rings is 1. The van der Waals surface area contributed by atoms with Crippen molar-refractivity contribution in [3.05, 3.63) is 42.5 Å². The van der Waals surface area contributed by atoms with Crippen molar-refractivity contribution < 1.29 is 27.9 Å². The second kappa shape index (κ2) is 9.92. The van der Waals surface area contributed by atoms with Gasteiger partial charge in [-0.1, -0.05) is 12.1 Å². The Labute approximate surface area is 146 Å². The van der Waals surface area contributed by atoms with Gasteiger partial charge in [-0.3, -0.25) is 4.79 Å². The summed E-state index contributed by atoms with van der Waals surface area (Å²) in [5.41, 5.74) is 0.0551. The van der Waals surface area contributed by atoms with E-state index in [1.807, 2.05) is 0 Å². The van der Waals surface area contributed by atoms with Crippen molar-refractivity contribution in [1.29, 1.82) is 0 Å². The number of aliphatic carboxylic acids is 1. The molecule has 1 rings (SSSR count). The topological polar surface area (TPSA) is 122 Å². The standard InChI is InChI=1S/C16H22N2O6S/c1-3-4-8-14(16(20)21)18-15(19)12-6-5-7-13(11-12)25(22,23)17-9-10-24-2/h3,5-7,11,14,17H,1,4,8-10H2,2H3,(H,18,19)(H,20,21). The van der Waals surface area contributed by atoms with Gasteiger partial charge in [0.25, 0.3) is 5.91 Å². The van der Waals surface area contributed by atoms with Gasteiger partial charge in [0.15, 0.2) is 0 Å². The number of amides is 1. The van der Waals surface area contributed by atoms with Gasteiger partial charge in [-0.15, -0.1) is 6.58 Å². The van der Waals surface area contributed by atoms with Crippen LogP contribution in [0.15, 0.2) is 41.8 Å². The summed E-state index contributed by atoms with van der Waals surface area (Å²) in [6.07, 6.45) is 2.18. The van der Waals surface area contributed by atoms with Crippen molar-refractivity contribution in [2.45, 2.75) is 23.8 Å². The molecule has 1 atom stereocenters. The van der Waals surface area contributed by atoms with Gasteiger partial charge in [0, 0.05) is 19.2 Å². The van der Waals surface area contributed by atoms with E-state index in [1.54, 1.807) is 6.08 Å². The molecule has 0 heterocycles. The average Bonchev–Trinajstić information content (AvgIpc) is 2.58. The van der Waals surface area contributed by atoms with Crippen LogP contribution in [0.3, 0.4) is 0 Å². The third-order valence-electron chi connectivity index (χ3n) is 3.27. The second-order valence-electron chi connectivity index (χ2n) is 5.15. The Balaban J connectivity index is 2.90. The zero-order valence-corrected chi connectivity index (χ0v) is 14.7. The summed E-state index contributed by atoms with van der Waals surface area (Å²) in [5, 5.41) is 11.5. The molecule has 0 aliphatic carbocycles. The molecular weight excluding hydrogens is 348 g/mol. The Morgan fingerprint density at radius 2 is 2.12 bits per heavy atom. The lowest BCUT2D eigenvalue weighted by molar-refractivity contribution is -0.139. The number of rotatable bonds is 11. The molecule has 1 amide bonds. The first kappa shape index (κ1) is 20.8. The molecule has 1 aromatic rings. The maximum atomic E-state index is 12.2. The molecule has 0 bridgehead atoms. The van der Waals surface area contributed by atoms with E-state index >= 15 is 0 Å². The van der Waals surface area contributed by atoms with E-state index in [2.05, 4.69) is 16.6 Å². The zero-order chi connectivity index (χ0) is 18.9. The SMILES string of the molecule is C=CCCC(NC(=O)c1cccc(S(=O)(=O)NCCOC)c1)C(=O)O. The fourth-order valence-electron chi connectivity index (χ4n) is 1.95. The van der Waals surface area contributed by atoms with E-state index in [-0.39, 0.29) is 30.0 Å². The van der Waals surface area contributed by atoms with Crippen molar-refractivity contribution in [3.63, 3.8) is 0 Å². The predicted molar refractivity (Wildman–Crippen MR) is 91.8 cm³/mol. The van der Waals surface area contributed by atoms with Gasteiger partial charge in [-0.25, -0.2) is 17.9 Å². The van der Waals surface area contributed by atoms with Crippen molar-refractivity contribution in [2.24, 2.45) is 0 Å². The molecule has 1 aromatic carbocycles. The summed E-state index contributed by atoms with van der Waals surface area (Å²) in [4.78, 5) is 23.3. The molecule has 0 radical (unpaired) electrons. The van der Waals surface area contributed by atoms with Gasteiger partial charge in [0.05, 0.1) is 11.5 Å². The molecule has 0 aliphatic heterocycles. The minimum absolute atomic E-state index is 0.0551. The number of hydrogen-bond donors (Lipinski definition) is 3. The van der Waals surface area contributed by atoms with Gasteiger partial charge in [-0.05, 0) is 31.0 Å². The third kappa shape index (κ3) is 6.65. The summed E-state index contributed by atoms with van der Waals surface area (Å²) < 4.78 is 31.4. The van der Waals surface area contributed by atoms with E-state index in [1.165, 1.54) is 31.4 Å². The fraction of sp³-hybridized carbons (Fsp3) is 0.375. The second-order valence-corrected chi connectivity index (χ2v) is 6.92. The van der Waals surface area contributed by atoms with Crippen LogP contribution in [0.1, 0.15) is 23.2 Å². The lowest BCUT2D eigenvalue weighted by Crippen LogP contribution is -2.40. The van der Waals surface area contributed by atoms with Crippen molar-refractivity contribution in [2.75, 3.05) is 20.3 Å². The highest BCUT2D eigenvalue weighted by atomic mass is 32.2. The Morgan fingerprint density at radius 1 is 1.40 bits per heavy atom. The Bertz CT molecular complexity index is 717. The molecular formula is C16H22N2O6S. The van der Waals surface area contributed by atoms with Crippen molar-refractivity contribution in [3.8, 4) is 0 Å². The quantitative estimate of drug-likeness (QED) is 0.390. The van der Waals surface area contributed by atoms with Crippen LogP contribution < -0.4 is 10.0 Å². The van der Waals surface area contributed by atoms with Crippen molar-refractivity contribution >= 4 is 21.9 Å². The monoisotopic (exact) mass is 370 g/mol. The zero-order valence-electron chi connectivity index (χ0n) is 13.9. The van der Waals surface area contributed by atoms with Crippen LogP contribution in [0.4, 0.5) is 0 Å². The summed E-state index contributed by atoms with van der Waals surface area (Å²) >= 11 is 0. The lowest BCUT2D eigenvalue weighted by Gasteiger charge is -2.14. The van der Waals surface area contributed by atoms with Crippen LogP contribution in [-0.4, -0.2) is 51.7 Å². The van der Waals surface area contributed by atoms with Crippen LogP contribution in [-0.2, 0) is 19.6 Å². The molecule has 9 heteroatoms. The Kier molecular flexibility index (Phi) is 8.26. The summed E-state index contributed by atoms with van der Waals surface area (Å²) in [6.45, 7) is 3.82. The largest absolute Gasteiger partial charge is 0.480 e. The molecule has 0 saturated heterocycles. The number of methoxy groups -OCH3 is 1. The highest BCUT2D eigenvalue weighted by molar-refractivity contribution is 7.89. The van der Waals surface area contributed by atoms with Gasteiger partial charge >= 0.3 is 5.97 Å². The van der Waals surface area contributed by atoms with Crippen LogP contribution in [0.2, 0.25) is 0 Å². The summed E-state index contributed by atoms with van der Waals surface area (Å²) in [7, 11) is -2.34. The smallest absolute Gasteiger partial charge is 0.326 e. The first-order valence-electron chi connectivity index (χ1n) is 7.55. The highest BCUT2D eigenvalue weighted by Crippen LogP contribution is 2.12. The number of carboxylic acids is 1. The van der Waals surface area contributed by atoms with Crippen LogP contribution >= 0.6 is 0 Å². The molecule has 0 aromatic heterocycles. The molecule has 0 fully saturated rings. The van der Waals surface area contributed by atoms with Gasteiger partial charge < -0.3 is 15.2 Å². The van der Waals surface area contributed by atoms with Gasteiger partial charge in [0.1, 0.15) is 6.04 Å². The summed E-state index contributed by atoms with van der Waals surface area (Å²) in [5.74, 6) is -1.83. The van der Waals surface area contributed by atoms with E-state index in [4.69, 9.17) is 9.84 Å². The normalized spacial score (nSPS) is 12.4. The lowest BCUT2D eigenvalue weighted by atomic mass is 10.1. The van der Waals surface area contributed by atoms with E-state index in [9.17, 15) is 18.0 Å². The number of ether oxygens (including phenoxy) is 1. The third-order valence-corrected chi connectivity index (χ3v) is 4.73. The molecule has 25 heavy (non-hydrogen) atoms. The Hall–Kier alpha value is -2.23. The maximum Gasteiger partial charge on any atom is 0.326 e. The van der Waals surface area contributed by atoms with E-state index in [0.29, 0.717) is 6.42 Å². The highest BCUT2D eigenvalue weighted by Gasteiger charge is 2.21. The van der Waals surface area contributed by atoms with E-state index in [0.717, 1.165) is 0 Å². The molecule has 3 N–H and O–H groups in total. The van der Waals surface area contributed by atoms with Crippen LogP contribution in [0.25, 0.3) is 0 Å². The molecule has 8 nitrogen and oxygen atoms in total. The number of sulfonamides is 1. The van der Waals surface area contributed by atoms with Crippen LogP contribution in [0.5, 0.6) is 0 Å². The van der Waals surface area contributed by atoms with Crippen LogP contribution in [0, 0.1) is 0 Å². The van der Waals surface area contributed by atoms with Gasteiger partial charge in [0.2, 0.25) is 10.0 Å². The number of carbonyl (C=O) groups excluding carboxylic acids is 1. The van der Waals surface area contributed by atoms with E-state index < -0.39 is 27.9 Å². The number of hydrogen-bond acceptors (Lipinski definition) is 5. The Morgan fingerprint density at radius 3 is 2.72 bits per heavy atom. The average molecular weight is 370 g/mol. The number of nitrogens with one attached hydrogen (secondary N) is 2. The summed E-state index contributed by atoms with van der Waals surface area (Å²) in [6, 6.07) is 4.29. The molecule has 138 valence electrons. The minimum Gasteiger partial charge on any atom is -0.480 e. The number of carbonyl (C=O) groups is 2. The first-order chi connectivity index (χ1) is 11.8. The molecule has 0 aliphatic rings. The number of carboxylic acid groups (broad SMARTS) is 1. The number of allylic oxidation sites excluding steroid dienone is 1. The maximum absolute atomic E-state index is 12.2. The minimum atomic E-state index is -3.79. The predicted octanol–water partition coefficient (Wildman–Crippen LogP) is 0.761. The fourth-order valence-corrected chi connectivity index (χ4v) is 3.01. The molecule has 0 spiro atoms.